The van der Waals surface area contributed by atoms with Gasteiger partial charge in [-0.1, -0.05) is 12.1 Å². The maximum Gasteiger partial charge on any atom is 0.321 e. The number of urea groups is 1. The summed E-state index contributed by atoms with van der Waals surface area (Å²) in [7, 11) is 1.66. The van der Waals surface area contributed by atoms with E-state index in [0.29, 0.717) is 11.6 Å². The third-order valence-corrected chi connectivity index (χ3v) is 3.81. The molecule has 2 heterocycles. The predicted molar refractivity (Wildman–Crippen MR) is 79.5 cm³/mol. The number of benzene rings is 1. The van der Waals surface area contributed by atoms with E-state index < -0.39 is 0 Å². The number of aromatic nitrogens is 2. The van der Waals surface area contributed by atoms with E-state index in [2.05, 4.69) is 27.6 Å². The van der Waals surface area contributed by atoms with Crippen molar-refractivity contribution >= 4 is 11.7 Å². The van der Waals surface area contributed by atoms with Gasteiger partial charge in [0.25, 0.3) is 0 Å². The topological polar surface area (TPSA) is 70.2 Å². The van der Waals surface area contributed by atoms with Gasteiger partial charge in [-0.2, -0.15) is 5.10 Å². The van der Waals surface area contributed by atoms with Crippen molar-refractivity contribution in [2.75, 3.05) is 25.5 Å². The van der Waals surface area contributed by atoms with Crippen LogP contribution in [-0.4, -0.2) is 41.3 Å². The van der Waals surface area contributed by atoms with Crippen molar-refractivity contribution in [1.82, 2.24) is 15.1 Å². The lowest BCUT2D eigenvalue weighted by Gasteiger charge is -2.17. The van der Waals surface area contributed by atoms with Crippen LogP contribution < -0.4 is 10.1 Å². The standard InChI is InChI=1S/C15H18N4O2/c1-21-14-4-2-11(3-5-14)12-6-7-19(10-12)15(20)18-13-8-16-17-9-13/h2-5,8-9,12H,6-7,10H2,1H3,(H,16,17)(H,18,20)/t12-/m1/s1. The Bertz CT molecular complexity index is 595. The minimum Gasteiger partial charge on any atom is -0.497 e. The quantitative estimate of drug-likeness (QED) is 0.910. The first-order valence-electron chi connectivity index (χ1n) is 6.95. The number of anilines is 1. The molecule has 1 aliphatic heterocycles. The van der Waals surface area contributed by atoms with Gasteiger partial charge >= 0.3 is 6.03 Å². The van der Waals surface area contributed by atoms with Crippen LogP contribution in [0.15, 0.2) is 36.7 Å². The number of H-pyrrole nitrogens is 1. The molecule has 1 aromatic heterocycles. The van der Waals surface area contributed by atoms with E-state index in [9.17, 15) is 4.79 Å². The van der Waals surface area contributed by atoms with Crippen molar-refractivity contribution in [2.45, 2.75) is 12.3 Å². The van der Waals surface area contributed by atoms with Crippen LogP contribution in [0.25, 0.3) is 0 Å². The molecule has 0 spiro atoms. The van der Waals surface area contributed by atoms with Crippen molar-refractivity contribution < 1.29 is 9.53 Å². The average Bonchev–Trinajstić information content (AvgIpc) is 3.18. The summed E-state index contributed by atoms with van der Waals surface area (Å²) in [5.41, 5.74) is 1.93. The van der Waals surface area contributed by atoms with Gasteiger partial charge in [-0.25, -0.2) is 4.79 Å². The summed E-state index contributed by atoms with van der Waals surface area (Å²) < 4.78 is 5.17. The Hall–Kier alpha value is -2.50. The van der Waals surface area contributed by atoms with Crippen LogP contribution in [-0.2, 0) is 0 Å². The largest absolute Gasteiger partial charge is 0.497 e. The van der Waals surface area contributed by atoms with E-state index >= 15 is 0 Å². The van der Waals surface area contributed by atoms with E-state index in [4.69, 9.17) is 4.74 Å². The van der Waals surface area contributed by atoms with Crippen molar-refractivity contribution in [3.63, 3.8) is 0 Å². The number of aromatic amines is 1. The highest BCUT2D eigenvalue weighted by Crippen LogP contribution is 2.28. The highest BCUT2D eigenvalue weighted by Gasteiger charge is 2.27. The third kappa shape index (κ3) is 2.99. The highest BCUT2D eigenvalue weighted by molar-refractivity contribution is 5.89. The van der Waals surface area contributed by atoms with Gasteiger partial charge in [0.05, 0.1) is 19.0 Å². The fraction of sp³-hybridized carbons (Fsp3) is 0.333. The summed E-state index contributed by atoms with van der Waals surface area (Å²) >= 11 is 0. The molecule has 3 rings (SSSR count). The number of methoxy groups -OCH3 is 1. The van der Waals surface area contributed by atoms with E-state index in [1.54, 1.807) is 19.5 Å². The van der Waals surface area contributed by atoms with Crippen LogP contribution in [0.2, 0.25) is 0 Å². The first kappa shape index (κ1) is 13.5. The van der Waals surface area contributed by atoms with Gasteiger partial charge in [-0.05, 0) is 24.1 Å². The summed E-state index contributed by atoms with van der Waals surface area (Å²) in [6.45, 7) is 1.50. The second kappa shape index (κ2) is 5.87. The minimum atomic E-state index is -0.0765. The summed E-state index contributed by atoms with van der Waals surface area (Å²) in [6.07, 6.45) is 4.23. The Morgan fingerprint density at radius 2 is 2.24 bits per heavy atom. The first-order valence-corrected chi connectivity index (χ1v) is 6.95. The number of likely N-dealkylation sites (tertiary alicyclic amines) is 1. The molecule has 1 aromatic carbocycles. The lowest BCUT2D eigenvalue weighted by Crippen LogP contribution is -2.32. The van der Waals surface area contributed by atoms with Crippen LogP contribution in [0, 0.1) is 0 Å². The lowest BCUT2D eigenvalue weighted by molar-refractivity contribution is 0.222. The number of hydrogen-bond acceptors (Lipinski definition) is 3. The predicted octanol–water partition coefficient (Wildman–Crippen LogP) is 2.44. The third-order valence-electron chi connectivity index (χ3n) is 3.81. The number of nitrogens with one attached hydrogen (secondary N) is 2. The van der Waals surface area contributed by atoms with Crippen LogP contribution in [0.4, 0.5) is 10.5 Å². The van der Waals surface area contributed by atoms with Crippen LogP contribution in [0.3, 0.4) is 0 Å². The number of rotatable bonds is 3. The number of carbonyl (C=O) groups is 1. The van der Waals surface area contributed by atoms with E-state index in [1.165, 1.54) is 5.56 Å². The molecule has 1 aliphatic rings. The van der Waals surface area contributed by atoms with Crippen molar-refractivity contribution in [3.8, 4) is 5.75 Å². The molecule has 21 heavy (non-hydrogen) atoms. The first-order chi connectivity index (χ1) is 10.3. The minimum absolute atomic E-state index is 0.0765. The van der Waals surface area contributed by atoms with E-state index in [-0.39, 0.29) is 6.03 Å². The van der Waals surface area contributed by atoms with Crippen LogP contribution in [0.1, 0.15) is 17.9 Å². The van der Waals surface area contributed by atoms with Gasteiger partial charge in [0, 0.05) is 25.2 Å². The normalized spacial score (nSPS) is 17.8. The van der Waals surface area contributed by atoms with Gasteiger partial charge in [-0.3, -0.25) is 5.10 Å². The number of ether oxygens (including phenoxy) is 1. The number of amides is 2. The van der Waals surface area contributed by atoms with Crippen LogP contribution in [0.5, 0.6) is 5.75 Å². The Morgan fingerprint density at radius 1 is 1.43 bits per heavy atom. The number of hydrogen-bond donors (Lipinski definition) is 2. The summed E-state index contributed by atoms with van der Waals surface area (Å²) in [4.78, 5) is 14.0. The Kier molecular flexibility index (Phi) is 3.77. The molecule has 0 saturated carbocycles. The molecule has 6 nitrogen and oxygen atoms in total. The molecule has 1 fully saturated rings. The molecule has 110 valence electrons. The molecule has 6 heteroatoms. The second-order valence-electron chi connectivity index (χ2n) is 5.12. The molecule has 1 saturated heterocycles. The molecule has 2 aromatic rings. The second-order valence-corrected chi connectivity index (χ2v) is 5.12. The summed E-state index contributed by atoms with van der Waals surface area (Å²) in [5, 5.41) is 9.31. The molecule has 0 unspecified atom stereocenters. The Balaban J connectivity index is 1.60. The molecule has 0 radical (unpaired) electrons. The Morgan fingerprint density at radius 3 is 2.90 bits per heavy atom. The van der Waals surface area contributed by atoms with Gasteiger partial charge in [-0.15, -0.1) is 0 Å². The molecule has 0 bridgehead atoms. The molecule has 2 amide bonds. The van der Waals surface area contributed by atoms with E-state index in [1.807, 2.05) is 17.0 Å². The zero-order chi connectivity index (χ0) is 14.7. The van der Waals surface area contributed by atoms with Crippen molar-refractivity contribution in [1.29, 1.82) is 0 Å². The SMILES string of the molecule is COc1ccc([C@@H]2CCN(C(=O)Nc3cn[nH]c3)C2)cc1. The molecular weight excluding hydrogens is 268 g/mol. The fourth-order valence-electron chi connectivity index (χ4n) is 2.61. The Labute approximate surface area is 123 Å². The molecule has 0 aliphatic carbocycles. The van der Waals surface area contributed by atoms with Crippen molar-refractivity contribution in [2.24, 2.45) is 0 Å². The van der Waals surface area contributed by atoms with Gasteiger partial charge in [0.2, 0.25) is 0 Å². The maximum atomic E-state index is 12.1. The van der Waals surface area contributed by atoms with Gasteiger partial charge in [0.1, 0.15) is 5.75 Å². The summed E-state index contributed by atoms with van der Waals surface area (Å²) in [6, 6.07) is 7.99. The van der Waals surface area contributed by atoms with Gasteiger partial charge in [0.15, 0.2) is 0 Å². The highest BCUT2D eigenvalue weighted by atomic mass is 16.5. The zero-order valence-electron chi connectivity index (χ0n) is 11.9. The molecule has 2 N–H and O–H groups in total. The van der Waals surface area contributed by atoms with Crippen LogP contribution >= 0.6 is 0 Å². The number of carbonyl (C=O) groups excluding carboxylic acids is 1. The molecule has 1 atom stereocenters. The van der Waals surface area contributed by atoms with Gasteiger partial charge < -0.3 is 15.0 Å². The maximum absolute atomic E-state index is 12.1. The average molecular weight is 286 g/mol. The smallest absolute Gasteiger partial charge is 0.321 e. The summed E-state index contributed by atoms with van der Waals surface area (Å²) in [5.74, 6) is 1.23. The molecular formula is C15H18N4O2. The van der Waals surface area contributed by atoms with E-state index in [0.717, 1.165) is 25.3 Å². The lowest BCUT2D eigenvalue weighted by atomic mass is 9.98. The van der Waals surface area contributed by atoms with Crippen molar-refractivity contribution in [3.05, 3.63) is 42.2 Å². The fourth-order valence-corrected chi connectivity index (χ4v) is 2.61. The number of nitrogens with zero attached hydrogens (tertiary/aromatic N) is 2. The zero-order valence-corrected chi connectivity index (χ0v) is 11.9. The monoisotopic (exact) mass is 286 g/mol.